The summed E-state index contributed by atoms with van der Waals surface area (Å²) >= 11 is 0. The van der Waals surface area contributed by atoms with Gasteiger partial charge in [-0.25, -0.2) is 23.4 Å². The highest BCUT2D eigenvalue weighted by Gasteiger charge is 2.20. The molecular weight excluding hydrogens is 390 g/mol. The Morgan fingerprint density at radius 3 is 2.34 bits per heavy atom. The Bertz CT molecular complexity index is 1280. The lowest BCUT2D eigenvalue weighted by Gasteiger charge is -2.07. The van der Waals surface area contributed by atoms with E-state index in [2.05, 4.69) is 19.7 Å². The molecule has 148 valence electrons. The molecule has 2 aromatic carbocycles. The Morgan fingerprint density at radius 1 is 1.00 bits per heavy atom. The maximum absolute atomic E-state index is 12.8. The third kappa shape index (κ3) is 3.52. The Labute approximate surface area is 168 Å². The quantitative estimate of drug-likeness (QED) is 0.544. The molecule has 0 spiro atoms. The van der Waals surface area contributed by atoms with Gasteiger partial charge in [0.25, 0.3) is 10.0 Å². The van der Waals surface area contributed by atoms with E-state index in [0.717, 1.165) is 16.9 Å². The molecule has 2 aromatic heterocycles. The van der Waals surface area contributed by atoms with Crippen LogP contribution in [0.3, 0.4) is 0 Å². The first-order chi connectivity index (χ1) is 13.9. The highest BCUT2D eigenvalue weighted by atomic mass is 32.2. The summed E-state index contributed by atoms with van der Waals surface area (Å²) in [6, 6.07) is 14.0. The van der Waals surface area contributed by atoms with Gasteiger partial charge in [0.15, 0.2) is 17.0 Å². The van der Waals surface area contributed by atoms with Crippen LogP contribution in [-0.2, 0) is 17.1 Å². The Kier molecular flexibility index (Phi) is 4.67. The first-order valence-corrected chi connectivity index (χ1v) is 10.3. The van der Waals surface area contributed by atoms with Crippen LogP contribution in [0.15, 0.2) is 59.8 Å². The molecule has 0 atom stereocenters. The number of methoxy groups -OCH3 is 1. The van der Waals surface area contributed by atoms with Crippen LogP contribution in [0.1, 0.15) is 5.56 Å². The fraction of sp³-hybridized carbons (Fsp3) is 0.150. The average Bonchev–Trinajstić information content (AvgIpc) is 3.06. The van der Waals surface area contributed by atoms with E-state index >= 15 is 0 Å². The summed E-state index contributed by atoms with van der Waals surface area (Å²) in [4.78, 5) is 13.1. The van der Waals surface area contributed by atoms with Gasteiger partial charge < -0.3 is 9.30 Å². The molecule has 0 saturated heterocycles. The molecule has 0 amide bonds. The van der Waals surface area contributed by atoms with Crippen LogP contribution in [0, 0.1) is 6.92 Å². The zero-order valence-electron chi connectivity index (χ0n) is 16.1. The summed E-state index contributed by atoms with van der Waals surface area (Å²) in [5, 5.41) is 0. The van der Waals surface area contributed by atoms with E-state index < -0.39 is 10.0 Å². The van der Waals surface area contributed by atoms with E-state index in [1.165, 1.54) is 6.33 Å². The summed E-state index contributed by atoms with van der Waals surface area (Å²) in [5.41, 5.74) is 2.71. The van der Waals surface area contributed by atoms with Crippen LogP contribution < -0.4 is 9.46 Å². The average molecular weight is 409 g/mol. The molecule has 0 fully saturated rings. The molecule has 4 rings (SSSR count). The van der Waals surface area contributed by atoms with Crippen molar-refractivity contribution in [2.45, 2.75) is 11.8 Å². The number of rotatable bonds is 5. The number of anilines is 1. The second-order valence-corrected chi connectivity index (χ2v) is 8.22. The number of aromatic nitrogens is 4. The fourth-order valence-corrected chi connectivity index (χ4v) is 3.99. The maximum atomic E-state index is 12.8. The molecule has 9 heteroatoms. The minimum absolute atomic E-state index is 0.130. The van der Waals surface area contributed by atoms with E-state index in [1.54, 1.807) is 35.9 Å². The van der Waals surface area contributed by atoms with Crippen molar-refractivity contribution >= 4 is 27.0 Å². The summed E-state index contributed by atoms with van der Waals surface area (Å²) in [7, 11) is -0.382. The van der Waals surface area contributed by atoms with Gasteiger partial charge in [-0.1, -0.05) is 17.7 Å². The molecule has 0 aliphatic carbocycles. The lowest BCUT2D eigenvalue weighted by molar-refractivity contribution is 0.415. The molecule has 0 radical (unpaired) electrons. The number of aryl methyl sites for hydroxylation is 2. The van der Waals surface area contributed by atoms with Crippen LogP contribution in [0.25, 0.3) is 22.6 Å². The molecule has 0 bridgehead atoms. The fourth-order valence-electron chi connectivity index (χ4n) is 2.98. The number of ether oxygens (including phenoxy) is 1. The van der Waals surface area contributed by atoms with Crippen molar-refractivity contribution in [3.05, 3.63) is 60.4 Å². The van der Waals surface area contributed by atoms with Crippen molar-refractivity contribution in [3.63, 3.8) is 0 Å². The van der Waals surface area contributed by atoms with Crippen molar-refractivity contribution in [3.8, 4) is 17.1 Å². The first kappa shape index (κ1) is 18.9. The third-order valence-electron chi connectivity index (χ3n) is 4.57. The van der Waals surface area contributed by atoms with Gasteiger partial charge in [-0.15, -0.1) is 0 Å². The lowest BCUT2D eigenvalue weighted by Crippen LogP contribution is -2.14. The summed E-state index contributed by atoms with van der Waals surface area (Å²) in [6.07, 6.45) is 1.31. The van der Waals surface area contributed by atoms with Crippen LogP contribution in [0.2, 0.25) is 0 Å². The second kappa shape index (κ2) is 7.17. The number of nitrogens with one attached hydrogen (secondary N) is 1. The first-order valence-electron chi connectivity index (χ1n) is 8.80. The molecule has 4 aromatic rings. The normalized spacial score (nSPS) is 11.6. The van der Waals surface area contributed by atoms with Gasteiger partial charge in [0.1, 0.15) is 17.9 Å². The SMILES string of the molecule is COc1ccc(-c2nc3c(NS(=O)(=O)c4ccc(C)cc4)ncnc3n2C)cc1. The molecule has 0 unspecified atom stereocenters. The van der Waals surface area contributed by atoms with Gasteiger partial charge in [-0.3, -0.25) is 4.72 Å². The number of fused-ring (bicyclic) bond motifs is 1. The van der Waals surface area contributed by atoms with Crippen molar-refractivity contribution in [1.29, 1.82) is 0 Å². The zero-order chi connectivity index (χ0) is 20.6. The predicted octanol–water partition coefficient (Wildman–Crippen LogP) is 3.15. The van der Waals surface area contributed by atoms with Crippen LogP contribution in [0.5, 0.6) is 5.75 Å². The Morgan fingerprint density at radius 2 is 1.69 bits per heavy atom. The van der Waals surface area contributed by atoms with Crippen LogP contribution in [0.4, 0.5) is 5.82 Å². The van der Waals surface area contributed by atoms with E-state index in [4.69, 9.17) is 4.74 Å². The van der Waals surface area contributed by atoms with E-state index in [9.17, 15) is 8.42 Å². The summed E-state index contributed by atoms with van der Waals surface area (Å²) in [5.74, 6) is 1.50. The number of hydrogen-bond donors (Lipinski definition) is 1. The molecule has 0 saturated carbocycles. The van der Waals surface area contributed by atoms with Gasteiger partial charge in [0.2, 0.25) is 0 Å². The largest absolute Gasteiger partial charge is 0.497 e. The second-order valence-electron chi connectivity index (χ2n) is 6.54. The molecule has 8 nitrogen and oxygen atoms in total. The van der Waals surface area contributed by atoms with E-state index in [-0.39, 0.29) is 10.7 Å². The highest BCUT2D eigenvalue weighted by molar-refractivity contribution is 7.92. The lowest BCUT2D eigenvalue weighted by atomic mass is 10.2. The molecule has 0 aliphatic rings. The summed E-state index contributed by atoms with van der Waals surface area (Å²) < 4.78 is 35.1. The van der Waals surface area contributed by atoms with Crippen molar-refractivity contribution < 1.29 is 13.2 Å². The molecular formula is C20H19N5O3S. The topological polar surface area (TPSA) is 99.0 Å². The van der Waals surface area contributed by atoms with E-state index in [1.807, 2.05) is 38.2 Å². The van der Waals surface area contributed by atoms with E-state index in [0.29, 0.717) is 17.0 Å². The van der Waals surface area contributed by atoms with Crippen molar-refractivity contribution in [2.75, 3.05) is 11.8 Å². The maximum Gasteiger partial charge on any atom is 0.263 e. The zero-order valence-corrected chi connectivity index (χ0v) is 16.9. The minimum atomic E-state index is -3.80. The number of benzene rings is 2. The molecule has 0 aliphatic heterocycles. The number of nitrogens with zero attached hydrogens (tertiary/aromatic N) is 4. The summed E-state index contributed by atoms with van der Waals surface area (Å²) in [6.45, 7) is 1.90. The third-order valence-corrected chi connectivity index (χ3v) is 5.92. The monoisotopic (exact) mass is 409 g/mol. The van der Waals surface area contributed by atoms with Crippen LogP contribution in [-0.4, -0.2) is 35.0 Å². The minimum Gasteiger partial charge on any atom is -0.497 e. The Balaban J connectivity index is 1.77. The van der Waals surface area contributed by atoms with Crippen molar-refractivity contribution in [2.24, 2.45) is 7.05 Å². The van der Waals surface area contributed by atoms with Gasteiger partial charge in [0.05, 0.1) is 12.0 Å². The standard InChI is InChI=1S/C20H19N5O3S/c1-13-4-10-16(11-5-13)29(26,27)24-18-17-20(22-12-21-18)25(2)19(23-17)14-6-8-15(28-3)9-7-14/h4-12H,1-3H3,(H,21,22,24). The smallest absolute Gasteiger partial charge is 0.263 e. The highest BCUT2D eigenvalue weighted by Crippen LogP contribution is 2.28. The number of sulfonamides is 1. The molecule has 2 heterocycles. The molecule has 1 N–H and O–H groups in total. The van der Waals surface area contributed by atoms with Gasteiger partial charge in [-0.05, 0) is 43.3 Å². The Hall–Kier alpha value is -3.46. The van der Waals surface area contributed by atoms with Crippen molar-refractivity contribution in [1.82, 2.24) is 19.5 Å². The molecule has 29 heavy (non-hydrogen) atoms. The van der Waals surface area contributed by atoms with Crippen LogP contribution >= 0.6 is 0 Å². The van der Waals surface area contributed by atoms with Gasteiger partial charge in [-0.2, -0.15) is 0 Å². The number of hydrogen-bond acceptors (Lipinski definition) is 6. The predicted molar refractivity (Wildman–Crippen MR) is 110 cm³/mol. The number of imidazole rings is 1. The van der Waals surface area contributed by atoms with Gasteiger partial charge in [0, 0.05) is 12.6 Å². The van der Waals surface area contributed by atoms with Gasteiger partial charge >= 0.3 is 0 Å².